The largest absolute Gasteiger partial charge is 0.492 e. The van der Waals surface area contributed by atoms with E-state index in [2.05, 4.69) is 41.6 Å². The van der Waals surface area contributed by atoms with Crippen molar-refractivity contribution in [1.82, 2.24) is 20.4 Å². The van der Waals surface area contributed by atoms with Crippen LogP contribution in [0.4, 0.5) is 10.8 Å². The fraction of sp³-hybridized carbons (Fsp3) is 0.158. The molecule has 0 fully saturated rings. The van der Waals surface area contributed by atoms with Crippen molar-refractivity contribution in [2.24, 2.45) is 0 Å². The molecule has 0 unspecified atom stereocenters. The molecular formula is C19H16BrN5O2S2. The second-order valence-corrected chi connectivity index (χ2v) is 8.84. The van der Waals surface area contributed by atoms with Crippen LogP contribution >= 0.6 is 39.0 Å². The molecule has 4 aromatic rings. The van der Waals surface area contributed by atoms with E-state index in [0.29, 0.717) is 29.3 Å². The Labute approximate surface area is 184 Å². The maximum Gasteiger partial charge on any atom is 0.247 e. The Kier molecular flexibility index (Phi) is 6.43. The lowest BCUT2D eigenvalue weighted by Gasteiger charge is -2.09. The van der Waals surface area contributed by atoms with Crippen LogP contribution in [0.15, 0.2) is 61.8 Å². The van der Waals surface area contributed by atoms with Crippen molar-refractivity contribution in [3.05, 3.63) is 58.9 Å². The normalized spacial score (nSPS) is 10.8. The molecule has 0 radical (unpaired) electrons. The third kappa shape index (κ3) is 5.14. The average molecular weight is 490 g/mol. The molecule has 10 heteroatoms. The lowest BCUT2D eigenvalue weighted by molar-refractivity contribution is 0.342. The summed E-state index contributed by atoms with van der Waals surface area (Å²) in [6.07, 6.45) is 0. The number of nitrogens with zero attached hydrogens (tertiary/aromatic N) is 4. The first-order valence-corrected chi connectivity index (χ1v) is 11.3. The molecule has 2 heterocycles. The van der Waals surface area contributed by atoms with Crippen molar-refractivity contribution in [3.63, 3.8) is 0 Å². The van der Waals surface area contributed by atoms with E-state index < -0.39 is 0 Å². The van der Waals surface area contributed by atoms with Gasteiger partial charge in [-0.15, -0.1) is 20.4 Å². The van der Waals surface area contributed by atoms with E-state index in [-0.39, 0.29) is 0 Å². The van der Waals surface area contributed by atoms with Gasteiger partial charge in [-0.25, -0.2) is 0 Å². The summed E-state index contributed by atoms with van der Waals surface area (Å²) >= 11 is 6.37. The van der Waals surface area contributed by atoms with Gasteiger partial charge >= 0.3 is 0 Å². The van der Waals surface area contributed by atoms with Gasteiger partial charge in [-0.1, -0.05) is 51.2 Å². The minimum atomic E-state index is 0.500. The van der Waals surface area contributed by atoms with Crippen molar-refractivity contribution in [1.29, 1.82) is 0 Å². The van der Waals surface area contributed by atoms with E-state index in [0.717, 1.165) is 25.8 Å². The fourth-order valence-corrected chi connectivity index (χ4v) is 4.30. The molecule has 0 aliphatic carbocycles. The molecule has 0 aliphatic heterocycles. The lowest BCUT2D eigenvalue weighted by atomic mass is 10.2. The molecule has 7 nitrogen and oxygen atoms in total. The number of nitrogens with one attached hydrogen (secondary N) is 1. The summed E-state index contributed by atoms with van der Waals surface area (Å²) in [5.74, 6) is 2.35. The van der Waals surface area contributed by atoms with Crippen LogP contribution in [0.2, 0.25) is 0 Å². The molecule has 0 amide bonds. The topological polar surface area (TPSA) is 86.0 Å². The zero-order chi connectivity index (χ0) is 20.1. The fourth-order valence-electron chi connectivity index (χ4n) is 2.43. The summed E-state index contributed by atoms with van der Waals surface area (Å²) in [7, 11) is 0. The average Bonchev–Trinajstić information content (AvgIpc) is 3.38. The van der Waals surface area contributed by atoms with Crippen LogP contribution in [0.5, 0.6) is 5.75 Å². The zero-order valence-corrected chi connectivity index (χ0v) is 18.6. The highest BCUT2D eigenvalue weighted by Crippen LogP contribution is 2.33. The number of aromatic nitrogens is 4. The van der Waals surface area contributed by atoms with Gasteiger partial charge in [0.1, 0.15) is 5.75 Å². The smallest absolute Gasteiger partial charge is 0.247 e. The van der Waals surface area contributed by atoms with Crippen LogP contribution in [-0.2, 0) is 5.75 Å². The minimum Gasteiger partial charge on any atom is -0.492 e. The number of halogens is 1. The van der Waals surface area contributed by atoms with Crippen molar-refractivity contribution in [2.45, 2.75) is 17.0 Å². The highest BCUT2D eigenvalue weighted by Gasteiger charge is 2.12. The third-order valence-corrected chi connectivity index (χ3v) is 6.20. The van der Waals surface area contributed by atoms with Gasteiger partial charge in [0.05, 0.1) is 18.0 Å². The van der Waals surface area contributed by atoms with Gasteiger partial charge in [-0.3, -0.25) is 0 Å². The maximum atomic E-state index is 5.74. The molecule has 0 aliphatic rings. The Morgan fingerprint density at radius 3 is 2.72 bits per heavy atom. The number of para-hydroxylation sites is 2. The Bertz CT molecular complexity index is 1080. The third-order valence-electron chi connectivity index (χ3n) is 3.71. The van der Waals surface area contributed by atoms with E-state index in [4.69, 9.17) is 9.15 Å². The molecule has 0 spiro atoms. The Hall–Kier alpha value is -2.43. The van der Waals surface area contributed by atoms with Crippen LogP contribution in [0.25, 0.3) is 11.5 Å². The van der Waals surface area contributed by atoms with Gasteiger partial charge in [-0.2, -0.15) is 0 Å². The SMILES string of the molecule is CCOc1ccccc1Nc1nnc(SCc2nnc(-c3ccc(Br)cc3)o2)s1. The molecule has 0 saturated heterocycles. The Balaban J connectivity index is 1.37. The molecule has 4 rings (SSSR count). The number of hydrogen-bond acceptors (Lipinski definition) is 9. The first-order valence-electron chi connectivity index (χ1n) is 8.74. The number of rotatable bonds is 8. The number of thioether (sulfide) groups is 1. The number of anilines is 2. The first kappa shape index (κ1) is 19.9. The van der Waals surface area contributed by atoms with Crippen LogP contribution in [0.3, 0.4) is 0 Å². The van der Waals surface area contributed by atoms with Crippen molar-refractivity contribution in [2.75, 3.05) is 11.9 Å². The molecule has 0 bridgehead atoms. The standard InChI is InChI=1S/C19H16BrN5O2S2/c1-2-26-15-6-4-3-5-14(15)21-18-24-25-19(29-18)28-11-16-22-23-17(27-16)12-7-9-13(20)10-8-12/h3-10H,2,11H2,1H3,(H,21,24). The zero-order valence-electron chi connectivity index (χ0n) is 15.3. The van der Waals surface area contributed by atoms with Crippen molar-refractivity contribution in [3.8, 4) is 17.2 Å². The second kappa shape index (κ2) is 9.38. The molecule has 29 heavy (non-hydrogen) atoms. The first-order chi connectivity index (χ1) is 14.2. The highest BCUT2D eigenvalue weighted by atomic mass is 79.9. The monoisotopic (exact) mass is 489 g/mol. The van der Waals surface area contributed by atoms with E-state index in [9.17, 15) is 0 Å². The summed E-state index contributed by atoms with van der Waals surface area (Å²) in [6, 6.07) is 15.5. The summed E-state index contributed by atoms with van der Waals surface area (Å²) in [5.41, 5.74) is 1.74. The van der Waals surface area contributed by atoms with E-state index in [1.54, 1.807) is 0 Å². The number of ether oxygens (including phenoxy) is 1. The van der Waals surface area contributed by atoms with Gasteiger partial charge in [0.2, 0.25) is 16.9 Å². The molecule has 1 N–H and O–H groups in total. The van der Waals surface area contributed by atoms with Crippen LogP contribution < -0.4 is 10.1 Å². The maximum absolute atomic E-state index is 5.74. The quantitative estimate of drug-likeness (QED) is 0.311. The predicted molar refractivity (Wildman–Crippen MR) is 118 cm³/mol. The molecule has 2 aromatic heterocycles. The van der Waals surface area contributed by atoms with E-state index in [1.807, 2.05) is 55.5 Å². The van der Waals surface area contributed by atoms with Crippen LogP contribution in [-0.4, -0.2) is 27.0 Å². The van der Waals surface area contributed by atoms with Gasteiger partial charge in [0, 0.05) is 10.0 Å². The van der Waals surface area contributed by atoms with Gasteiger partial charge in [0.15, 0.2) is 4.34 Å². The highest BCUT2D eigenvalue weighted by molar-refractivity contribution is 9.10. The van der Waals surface area contributed by atoms with Gasteiger partial charge < -0.3 is 14.5 Å². The van der Waals surface area contributed by atoms with E-state index in [1.165, 1.54) is 23.1 Å². The Morgan fingerprint density at radius 1 is 1.07 bits per heavy atom. The predicted octanol–water partition coefficient (Wildman–Crippen LogP) is 5.79. The number of benzene rings is 2. The molecule has 148 valence electrons. The van der Waals surface area contributed by atoms with Crippen LogP contribution in [0, 0.1) is 0 Å². The van der Waals surface area contributed by atoms with Gasteiger partial charge in [0.25, 0.3) is 0 Å². The lowest BCUT2D eigenvalue weighted by Crippen LogP contribution is -1.97. The molecule has 0 saturated carbocycles. The molecule has 2 aromatic carbocycles. The van der Waals surface area contributed by atoms with E-state index >= 15 is 0 Å². The summed E-state index contributed by atoms with van der Waals surface area (Å²) in [4.78, 5) is 0. The number of hydrogen-bond donors (Lipinski definition) is 1. The summed E-state index contributed by atoms with van der Waals surface area (Å²) < 4.78 is 13.2. The summed E-state index contributed by atoms with van der Waals surface area (Å²) in [5, 5.41) is 20.6. The Morgan fingerprint density at radius 2 is 1.90 bits per heavy atom. The molecule has 0 atom stereocenters. The van der Waals surface area contributed by atoms with Crippen molar-refractivity contribution >= 4 is 49.8 Å². The summed E-state index contributed by atoms with van der Waals surface area (Å²) in [6.45, 7) is 2.55. The van der Waals surface area contributed by atoms with Gasteiger partial charge in [-0.05, 0) is 43.3 Å². The second-order valence-electron chi connectivity index (χ2n) is 5.72. The van der Waals surface area contributed by atoms with Crippen molar-refractivity contribution < 1.29 is 9.15 Å². The van der Waals surface area contributed by atoms with Crippen LogP contribution in [0.1, 0.15) is 12.8 Å². The minimum absolute atomic E-state index is 0.500. The molecular weight excluding hydrogens is 474 g/mol.